The summed E-state index contributed by atoms with van der Waals surface area (Å²) in [6.45, 7) is -0.122. The molecule has 0 atom stereocenters. The van der Waals surface area contributed by atoms with E-state index in [1.165, 1.54) is 29.5 Å². The SMILES string of the molecule is CN(CC(=O)N/N=C/c1ccccc1O)CC(=O)N/N=C/c1ccccc1O. The summed E-state index contributed by atoms with van der Waals surface area (Å²) in [4.78, 5) is 25.1. The van der Waals surface area contributed by atoms with Crippen LogP contribution < -0.4 is 10.9 Å². The number of likely N-dealkylation sites (N-methyl/N-ethyl adjacent to an activating group) is 1. The number of rotatable bonds is 8. The van der Waals surface area contributed by atoms with Gasteiger partial charge in [0, 0.05) is 11.1 Å². The van der Waals surface area contributed by atoms with Crippen LogP contribution in [0, 0.1) is 0 Å². The largest absolute Gasteiger partial charge is 0.507 e. The summed E-state index contributed by atoms with van der Waals surface area (Å²) in [5.74, 6) is -0.725. The number of hydrogen-bond acceptors (Lipinski definition) is 7. The summed E-state index contributed by atoms with van der Waals surface area (Å²) in [7, 11) is 1.60. The van der Waals surface area contributed by atoms with E-state index in [2.05, 4.69) is 21.1 Å². The van der Waals surface area contributed by atoms with Gasteiger partial charge in [0.1, 0.15) is 11.5 Å². The lowest BCUT2D eigenvalue weighted by atomic mass is 10.2. The minimum atomic E-state index is -0.417. The smallest absolute Gasteiger partial charge is 0.254 e. The van der Waals surface area contributed by atoms with Crippen molar-refractivity contribution in [3.8, 4) is 11.5 Å². The lowest BCUT2D eigenvalue weighted by molar-refractivity contribution is -0.124. The summed E-state index contributed by atoms with van der Waals surface area (Å²) >= 11 is 0. The molecule has 4 N–H and O–H groups in total. The highest BCUT2D eigenvalue weighted by Gasteiger charge is 2.10. The van der Waals surface area contributed by atoms with E-state index in [-0.39, 0.29) is 24.6 Å². The van der Waals surface area contributed by atoms with Crippen molar-refractivity contribution in [2.45, 2.75) is 0 Å². The fourth-order valence-corrected chi connectivity index (χ4v) is 2.16. The van der Waals surface area contributed by atoms with E-state index in [9.17, 15) is 19.8 Å². The van der Waals surface area contributed by atoms with E-state index in [1.807, 2.05) is 0 Å². The molecule has 0 heterocycles. The monoisotopic (exact) mass is 383 g/mol. The van der Waals surface area contributed by atoms with Crippen LogP contribution in [0.25, 0.3) is 0 Å². The molecule has 0 fully saturated rings. The van der Waals surface area contributed by atoms with Gasteiger partial charge in [-0.3, -0.25) is 14.5 Å². The summed E-state index contributed by atoms with van der Waals surface area (Å²) < 4.78 is 0. The molecule has 9 nitrogen and oxygen atoms in total. The minimum Gasteiger partial charge on any atom is -0.507 e. The van der Waals surface area contributed by atoms with Crippen LogP contribution in [-0.2, 0) is 9.59 Å². The molecule has 0 spiro atoms. The number of nitrogens with one attached hydrogen (secondary N) is 2. The molecular weight excluding hydrogens is 362 g/mol. The molecule has 0 saturated heterocycles. The van der Waals surface area contributed by atoms with E-state index in [4.69, 9.17) is 0 Å². The Morgan fingerprint density at radius 2 is 1.25 bits per heavy atom. The van der Waals surface area contributed by atoms with Gasteiger partial charge >= 0.3 is 0 Å². The number of nitrogens with zero attached hydrogens (tertiary/aromatic N) is 3. The van der Waals surface area contributed by atoms with Gasteiger partial charge in [-0.2, -0.15) is 10.2 Å². The van der Waals surface area contributed by atoms with Crippen molar-refractivity contribution in [1.82, 2.24) is 15.8 Å². The molecule has 146 valence electrons. The second kappa shape index (κ2) is 10.4. The van der Waals surface area contributed by atoms with Crippen molar-refractivity contribution in [2.75, 3.05) is 20.1 Å². The minimum absolute atomic E-state index is 0.0543. The molecule has 0 bridgehead atoms. The summed E-state index contributed by atoms with van der Waals surface area (Å²) in [6, 6.07) is 13.1. The van der Waals surface area contributed by atoms with E-state index in [0.29, 0.717) is 11.1 Å². The Labute approximate surface area is 162 Å². The molecule has 0 radical (unpaired) electrons. The third kappa shape index (κ3) is 6.89. The topological polar surface area (TPSA) is 127 Å². The first-order chi connectivity index (χ1) is 13.5. The van der Waals surface area contributed by atoms with Crippen LogP contribution in [0.3, 0.4) is 0 Å². The highest BCUT2D eigenvalue weighted by molar-refractivity contribution is 5.86. The Morgan fingerprint density at radius 3 is 1.64 bits per heavy atom. The molecule has 0 aromatic heterocycles. The molecule has 2 amide bonds. The molecule has 0 aliphatic heterocycles. The van der Waals surface area contributed by atoms with Gasteiger partial charge in [-0.05, 0) is 31.3 Å². The standard InChI is InChI=1S/C19H21N5O4/c1-24(12-18(27)22-20-10-14-6-2-4-8-16(14)25)13-19(28)23-21-11-15-7-3-5-9-17(15)26/h2-11,25-26H,12-13H2,1H3,(H,22,27)(H,23,28)/b20-10+,21-11+. The van der Waals surface area contributed by atoms with E-state index < -0.39 is 11.8 Å². The second-order valence-electron chi connectivity index (χ2n) is 5.88. The number of carbonyl (C=O) groups is 2. The average Bonchev–Trinajstić information content (AvgIpc) is 2.64. The van der Waals surface area contributed by atoms with Crippen LogP contribution >= 0.6 is 0 Å². The Kier molecular flexibility index (Phi) is 7.67. The predicted molar refractivity (Wildman–Crippen MR) is 105 cm³/mol. The normalized spacial score (nSPS) is 11.2. The molecule has 0 saturated carbocycles. The Morgan fingerprint density at radius 1 is 0.857 bits per heavy atom. The molecule has 0 aliphatic carbocycles. The Balaban J connectivity index is 1.72. The van der Waals surface area contributed by atoms with Crippen molar-refractivity contribution in [3.05, 3.63) is 59.7 Å². The van der Waals surface area contributed by atoms with Crippen molar-refractivity contribution in [2.24, 2.45) is 10.2 Å². The molecule has 28 heavy (non-hydrogen) atoms. The molecular formula is C19H21N5O4. The fraction of sp³-hybridized carbons (Fsp3) is 0.158. The van der Waals surface area contributed by atoms with Gasteiger partial charge in [-0.1, -0.05) is 24.3 Å². The highest BCUT2D eigenvalue weighted by Crippen LogP contribution is 2.13. The highest BCUT2D eigenvalue weighted by atomic mass is 16.3. The van der Waals surface area contributed by atoms with E-state index >= 15 is 0 Å². The first-order valence-electron chi connectivity index (χ1n) is 8.34. The van der Waals surface area contributed by atoms with Crippen molar-refractivity contribution in [1.29, 1.82) is 0 Å². The van der Waals surface area contributed by atoms with Gasteiger partial charge in [0.25, 0.3) is 11.8 Å². The number of aromatic hydroxyl groups is 2. The maximum absolute atomic E-state index is 11.8. The van der Waals surface area contributed by atoms with E-state index in [0.717, 1.165) is 0 Å². The van der Waals surface area contributed by atoms with Gasteiger partial charge in [0.2, 0.25) is 0 Å². The number of phenolic OH excluding ortho intramolecular Hbond substituents is 2. The number of hydrogen-bond donors (Lipinski definition) is 4. The lowest BCUT2D eigenvalue weighted by Crippen LogP contribution is -2.38. The summed E-state index contributed by atoms with van der Waals surface area (Å²) in [6.07, 6.45) is 2.65. The zero-order valence-corrected chi connectivity index (χ0v) is 15.2. The Hall–Kier alpha value is -3.72. The number of para-hydroxylation sites is 2. The van der Waals surface area contributed by atoms with Crippen LogP contribution in [-0.4, -0.2) is 59.5 Å². The molecule has 2 aromatic carbocycles. The number of carbonyl (C=O) groups excluding carboxylic acids is 2. The summed E-state index contributed by atoms with van der Waals surface area (Å²) in [5.41, 5.74) is 5.58. The van der Waals surface area contributed by atoms with Crippen LogP contribution in [0.4, 0.5) is 0 Å². The quantitative estimate of drug-likeness (QED) is 0.393. The molecule has 2 rings (SSSR count). The Bertz CT molecular complexity index is 811. The first-order valence-corrected chi connectivity index (χ1v) is 8.34. The van der Waals surface area contributed by atoms with Crippen molar-refractivity contribution in [3.63, 3.8) is 0 Å². The zero-order valence-electron chi connectivity index (χ0n) is 15.2. The maximum Gasteiger partial charge on any atom is 0.254 e. The second-order valence-corrected chi connectivity index (χ2v) is 5.88. The maximum atomic E-state index is 11.8. The molecule has 0 aliphatic rings. The van der Waals surface area contributed by atoms with Crippen LogP contribution in [0.5, 0.6) is 11.5 Å². The number of phenols is 2. The third-order valence-electron chi connectivity index (χ3n) is 3.49. The van der Waals surface area contributed by atoms with Gasteiger partial charge in [0.15, 0.2) is 0 Å². The molecule has 0 unspecified atom stereocenters. The van der Waals surface area contributed by atoms with Crippen LogP contribution in [0.1, 0.15) is 11.1 Å². The number of benzene rings is 2. The van der Waals surface area contributed by atoms with Gasteiger partial charge in [0.05, 0.1) is 25.5 Å². The third-order valence-corrected chi connectivity index (χ3v) is 3.49. The number of amides is 2. The zero-order chi connectivity index (χ0) is 20.4. The predicted octanol–water partition coefficient (Wildman–Crippen LogP) is 0.630. The van der Waals surface area contributed by atoms with Crippen LogP contribution in [0.2, 0.25) is 0 Å². The average molecular weight is 383 g/mol. The van der Waals surface area contributed by atoms with Gasteiger partial charge in [-0.25, -0.2) is 10.9 Å². The van der Waals surface area contributed by atoms with Crippen molar-refractivity contribution < 1.29 is 19.8 Å². The molecule has 2 aromatic rings. The summed E-state index contributed by atoms with van der Waals surface area (Å²) in [5, 5.41) is 26.7. The van der Waals surface area contributed by atoms with Gasteiger partial charge < -0.3 is 10.2 Å². The van der Waals surface area contributed by atoms with Crippen LogP contribution in [0.15, 0.2) is 58.7 Å². The first kappa shape index (κ1) is 20.6. The lowest BCUT2D eigenvalue weighted by Gasteiger charge is -2.13. The number of hydrazone groups is 2. The van der Waals surface area contributed by atoms with Crippen molar-refractivity contribution >= 4 is 24.2 Å². The van der Waals surface area contributed by atoms with Gasteiger partial charge in [-0.15, -0.1) is 0 Å². The molecule has 9 heteroatoms. The fourth-order valence-electron chi connectivity index (χ4n) is 2.16. The van der Waals surface area contributed by atoms with E-state index in [1.54, 1.807) is 43.4 Å².